The van der Waals surface area contributed by atoms with Crippen LogP contribution in [0.2, 0.25) is 0 Å². The lowest BCUT2D eigenvalue weighted by Crippen LogP contribution is -2.46. The summed E-state index contributed by atoms with van der Waals surface area (Å²) in [5.41, 5.74) is 0.515. The number of amides is 1. The molecule has 204 valence electrons. The van der Waals surface area contributed by atoms with Gasteiger partial charge in [0.15, 0.2) is 6.29 Å². The monoisotopic (exact) mass is 517 g/mol. The summed E-state index contributed by atoms with van der Waals surface area (Å²) >= 11 is 0. The molecule has 1 heterocycles. The largest absolute Gasteiger partial charge is 0.573 e. The zero-order valence-electron chi connectivity index (χ0n) is 21.2. The van der Waals surface area contributed by atoms with Gasteiger partial charge in [-0.05, 0) is 69.7 Å². The maximum Gasteiger partial charge on any atom is 0.573 e. The molecule has 2 N–H and O–H groups in total. The number of methoxy groups -OCH3 is 2. The number of ether oxygens (including phenoxy) is 3. The van der Waals surface area contributed by atoms with Crippen LogP contribution >= 0.6 is 0 Å². The molecule has 2 unspecified atom stereocenters. The SMILES string of the molecule is COC(CN(CCCCN1CCC2(CC2)C(O)C1)C(=O)C(C)Nc1cccc(OC(F)(F)F)c1)OC. The zero-order chi connectivity index (χ0) is 26.3. The number of benzene rings is 1. The summed E-state index contributed by atoms with van der Waals surface area (Å²) in [6.45, 7) is 4.91. The number of aliphatic hydroxyl groups is 1. The van der Waals surface area contributed by atoms with E-state index in [9.17, 15) is 23.1 Å². The first-order valence-electron chi connectivity index (χ1n) is 12.4. The number of unbranched alkanes of at least 4 members (excludes halogenated alkanes) is 1. The molecule has 1 saturated carbocycles. The Morgan fingerprint density at radius 2 is 1.97 bits per heavy atom. The van der Waals surface area contributed by atoms with Gasteiger partial charge in [-0.25, -0.2) is 0 Å². The van der Waals surface area contributed by atoms with Crippen LogP contribution in [-0.2, 0) is 14.3 Å². The number of hydrogen-bond acceptors (Lipinski definition) is 7. The number of piperidine rings is 1. The lowest BCUT2D eigenvalue weighted by atomic mass is 9.90. The fourth-order valence-corrected chi connectivity index (χ4v) is 4.75. The van der Waals surface area contributed by atoms with E-state index in [1.807, 2.05) is 0 Å². The van der Waals surface area contributed by atoms with Gasteiger partial charge in [0.05, 0.1) is 12.6 Å². The van der Waals surface area contributed by atoms with E-state index in [-0.39, 0.29) is 29.7 Å². The molecule has 1 aliphatic carbocycles. The topological polar surface area (TPSA) is 83.5 Å². The number of hydrogen-bond donors (Lipinski definition) is 2. The predicted molar refractivity (Wildman–Crippen MR) is 129 cm³/mol. The van der Waals surface area contributed by atoms with E-state index in [2.05, 4.69) is 15.0 Å². The van der Waals surface area contributed by atoms with Crippen molar-refractivity contribution in [1.82, 2.24) is 9.80 Å². The van der Waals surface area contributed by atoms with Crippen molar-refractivity contribution in [3.8, 4) is 5.75 Å². The number of β-amino-alcohol motifs (C(OH)–C–C–N with tert-alkyl or cyclic N) is 1. The molecule has 1 saturated heterocycles. The molecule has 2 aliphatic rings. The number of nitrogens with zero attached hydrogens (tertiary/aromatic N) is 2. The Morgan fingerprint density at radius 1 is 1.25 bits per heavy atom. The van der Waals surface area contributed by atoms with Crippen molar-refractivity contribution in [2.75, 3.05) is 52.3 Å². The number of likely N-dealkylation sites (tertiary alicyclic amines) is 1. The van der Waals surface area contributed by atoms with Gasteiger partial charge in [-0.3, -0.25) is 4.79 Å². The van der Waals surface area contributed by atoms with Crippen molar-refractivity contribution < 1.29 is 37.3 Å². The maximum absolute atomic E-state index is 13.2. The van der Waals surface area contributed by atoms with E-state index in [0.717, 1.165) is 45.2 Å². The number of rotatable bonds is 13. The van der Waals surface area contributed by atoms with E-state index in [1.54, 1.807) is 17.9 Å². The standard InChI is InChI=1S/C25H38F3N3O5/c1-18(29-19-7-6-8-20(15-19)36-25(26,27)28)23(33)31(17-22(34-2)35-3)13-5-4-12-30-14-11-24(9-10-24)21(32)16-30/h6-8,15,18,21-22,29,32H,4-5,9-14,16-17H2,1-3H3. The summed E-state index contributed by atoms with van der Waals surface area (Å²) in [6.07, 6.45) is -0.718. The van der Waals surface area contributed by atoms with Gasteiger partial charge < -0.3 is 34.4 Å². The third-order valence-electron chi connectivity index (χ3n) is 7.14. The lowest BCUT2D eigenvalue weighted by molar-refractivity contribution is -0.274. The van der Waals surface area contributed by atoms with E-state index in [4.69, 9.17) is 9.47 Å². The Kier molecular flexibility index (Phi) is 9.85. The van der Waals surface area contributed by atoms with Gasteiger partial charge in [0, 0.05) is 39.1 Å². The van der Waals surface area contributed by atoms with Crippen LogP contribution < -0.4 is 10.1 Å². The Labute approximate surface area is 210 Å². The average Bonchev–Trinajstić information content (AvgIpc) is 3.60. The van der Waals surface area contributed by atoms with Gasteiger partial charge in [-0.15, -0.1) is 13.2 Å². The Morgan fingerprint density at radius 3 is 2.58 bits per heavy atom. The molecular weight excluding hydrogens is 479 g/mol. The van der Waals surface area contributed by atoms with Crippen molar-refractivity contribution in [3.63, 3.8) is 0 Å². The second-order valence-electron chi connectivity index (χ2n) is 9.76. The van der Waals surface area contributed by atoms with Crippen LogP contribution in [0.15, 0.2) is 24.3 Å². The van der Waals surface area contributed by atoms with Crippen LogP contribution in [0.4, 0.5) is 18.9 Å². The molecule has 1 aromatic rings. The van der Waals surface area contributed by atoms with E-state index in [1.165, 1.54) is 32.4 Å². The van der Waals surface area contributed by atoms with Crippen LogP contribution in [0.5, 0.6) is 5.75 Å². The molecule has 1 aliphatic heterocycles. The minimum atomic E-state index is -4.79. The number of alkyl halides is 3. The second-order valence-corrected chi connectivity index (χ2v) is 9.76. The first kappa shape index (κ1) is 28.5. The van der Waals surface area contributed by atoms with Crippen molar-refractivity contribution in [3.05, 3.63) is 24.3 Å². The number of carbonyl (C=O) groups is 1. The van der Waals surface area contributed by atoms with Gasteiger partial charge >= 0.3 is 6.36 Å². The molecule has 2 atom stereocenters. The first-order valence-corrected chi connectivity index (χ1v) is 12.4. The molecule has 0 aromatic heterocycles. The number of aliphatic hydroxyl groups excluding tert-OH is 1. The number of carbonyl (C=O) groups excluding carboxylic acids is 1. The molecule has 1 aromatic carbocycles. The summed E-state index contributed by atoms with van der Waals surface area (Å²) in [7, 11) is 3.00. The molecule has 1 spiro atoms. The molecule has 8 nitrogen and oxygen atoms in total. The quantitative estimate of drug-likeness (QED) is 0.306. The van der Waals surface area contributed by atoms with Crippen LogP contribution in [0.25, 0.3) is 0 Å². The molecule has 0 bridgehead atoms. The minimum Gasteiger partial charge on any atom is -0.406 e. The highest BCUT2D eigenvalue weighted by atomic mass is 19.4. The predicted octanol–water partition coefficient (Wildman–Crippen LogP) is 3.46. The van der Waals surface area contributed by atoms with E-state index >= 15 is 0 Å². The van der Waals surface area contributed by atoms with Crippen LogP contribution in [0, 0.1) is 5.41 Å². The summed E-state index contributed by atoms with van der Waals surface area (Å²) in [6, 6.07) is 4.70. The van der Waals surface area contributed by atoms with Gasteiger partial charge in [-0.2, -0.15) is 0 Å². The van der Waals surface area contributed by atoms with Crippen molar-refractivity contribution in [2.24, 2.45) is 5.41 Å². The first-order chi connectivity index (χ1) is 17.0. The van der Waals surface area contributed by atoms with Crippen molar-refractivity contribution in [1.29, 1.82) is 0 Å². The number of anilines is 1. The molecule has 36 heavy (non-hydrogen) atoms. The summed E-state index contributed by atoms with van der Waals surface area (Å²) in [5, 5.41) is 13.4. The van der Waals surface area contributed by atoms with Crippen molar-refractivity contribution >= 4 is 11.6 Å². The normalized spacial score (nSPS) is 20.4. The maximum atomic E-state index is 13.2. The highest BCUT2D eigenvalue weighted by Crippen LogP contribution is 2.53. The molecular formula is C25H38F3N3O5. The second kappa shape index (κ2) is 12.4. The Bertz CT molecular complexity index is 848. The van der Waals surface area contributed by atoms with Crippen molar-refractivity contribution in [2.45, 2.75) is 63.8 Å². The molecule has 3 rings (SSSR count). The fraction of sp³-hybridized carbons (Fsp3) is 0.720. The number of halogens is 3. The highest BCUT2D eigenvalue weighted by molar-refractivity contribution is 5.84. The Balaban J connectivity index is 1.52. The fourth-order valence-electron chi connectivity index (χ4n) is 4.75. The summed E-state index contributed by atoms with van der Waals surface area (Å²) < 4.78 is 52.1. The molecule has 0 radical (unpaired) electrons. The molecule has 2 fully saturated rings. The van der Waals surface area contributed by atoms with E-state index < -0.39 is 18.7 Å². The smallest absolute Gasteiger partial charge is 0.406 e. The minimum absolute atomic E-state index is 0.177. The van der Waals surface area contributed by atoms with Gasteiger partial charge in [-0.1, -0.05) is 6.07 Å². The third kappa shape index (κ3) is 8.22. The average molecular weight is 518 g/mol. The summed E-state index contributed by atoms with van der Waals surface area (Å²) in [4.78, 5) is 17.2. The lowest BCUT2D eigenvalue weighted by Gasteiger charge is -2.36. The Hall–Kier alpha value is -2.08. The van der Waals surface area contributed by atoms with Crippen LogP contribution in [-0.4, -0.2) is 92.6 Å². The van der Waals surface area contributed by atoms with Crippen LogP contribution in [0.3, 0.4) is 0 Å². The van der Waals surface area contributed by atoms with Crippen LogP contribution in [0.1, 0.15) is 39.0 Å². The third-order valence-corrected chi connectivity index (χ3v) is 7.14. The number of nitrogens with one attached hydrogen (secondary N) is 1. The highest BCUT2D eigenvalue weighted by Gasteiger charge is 2.51. The molecule has 11 heteroatoms. The van der Waals surface area contributed by atoms with Gasteiger partial charge in [0.2, 0.25) is 5.91 Å². The van der Waals surface area contributed by atoms with Gasteiger partial charge in [0.25, 0.3) is 0 Å². The van der Waals surface area contributed by atoms with E-state index in [0.29, 0.717) is 18.8 Å². The zero-order valence-corrected chi connectivity index (χ0v) is 21.2. The summed E-state index contributed by atoms with van der Waals surface area (Å²) in [5.74, 6) is -0.585. The van der Waals surface area contributed by atoms with Gasteiger partial charge in [0.1, 0.15) is 11.8 Å². The molecule has 1 amide bonds.